The van der Waals surface area contributed by atoms with Gasteiger partial charge in [0.15, 0.2) is 0 Å². The molecule has 1 N–H and O–H groups in total. The van der Waals surface area contributed by atoms with Crippen LogP contribution in [0.2, 0.25) is 0 Å². The summed E-state index contributed by atoms with van der Waals surface area (Å²) >= 11 is 9.34. The predicted molar refractivity (Wildman–Crippen MR) is 60.6 cm³/mol. The molecule has 1 heterocycles. The van der Waals surface area contributed by atoms with Crippen molar-refractivity contribution in [2.24, 2.45) is 4.99 Å². The molecular weight excluding hydrogens is 251 g/mol. The molecule has 0 amide bonds. The van der Waals surface area contributed by atoms with Gasteiger partial charge in [-0.05, 0) is 12.1 Å². The van der Waals surface area contributed by atoms with Crippen LogP contribution in [0.1, 0.15) is 0 Å². The Balaban J connectivity index is 2.40. The van der Waals surface area contributed by atoms with Gasteiger partial charge in [-0.15, -0.1) is 0 Å². The van der Waals surface area contributed by atoms with Crippen LogP contribution in [-0.2, 0) is 0 Å². The minimum absolute atomic E-state index is 0.0940. The molecule has 0 bridgehead atoms. The van der Waals surface area contributed by atoms with E-state index in [2.05, 4.69) is 26.2 Å². The summed E-state index contributed by atoms with van der Waals surface area (Å²) in [4.78, 5) is 4.29. The number of anilines is 1. The van der Waals surface area contributed by atoms with Crippen LogP contribution in [0.15, 0.2) is 29.3 Å². The molecule has 0 radical (unpaired) electrons. The highest BCUT2D eigenvalue weighted by molar-refractivity contribution is 9.09. The Morgan fingerprint density at radius 2 is 2.23 bits per heavy atom. The fraction of sp³-hybridized carbons (Fsp3) is 0.222. The van der Waals surface area contributed by atoms with E-state index in [-0.39, 0.29) is 6.04 Å². The Morgan fingerprint density at radius 1 is 1.46 bits per heavy atom. The van der Waals surface area contributed by atoms with Crippen LogP contribution in [0.3, 0.4) is 0 Å². The zero-order valence-corrected chi connectivity index (χ0v) is 9.14. The standard InChI is InChI=1S/C9H8BrClN2/c10-5-8-9(11)13-7-4-2-1-3-6(7)12-8/h1-4,8,12H,5H2. The Labute approximate surface area is 90.1 Å². The summed E-state index contributed by atoms with van der Waals surface area (Å²) in [6, 6.07) is 7.96. The molecule has 0 fully saturated rings. The third-order valence-electron chi connectivity index (χ3n) is 1.90. The first-order valence-corrected chi connectivity index (χ1v) is 5.47. The summed E-state index contributed by atoms with van der Waals surface area (Å²) in [5, 5.41) is 4.66. The second-order valence-electron chi connectivity index (χ2n) is 2.80. The van der Waals surface area contributed by atoms with Crippen LogP contribution in [0.25, 0.3) is 0 Å². The zero-order valence-electron chi connectivity index (χ0n) is 6.80. The lowest BCUT2D eigenvalue weighted by atomic mass is 10.2. The molecule has 0 aliphatic carbocycles. The topological polar surface area (TPSA) is 24.4 Å². The number of benzene rings is 1. The van der Waals surface area contributed by atoms with Gasteiger partial charge in [0.25, 0.3) is 0 Å². The molecular formula is C9H8BrClN2. The van der Waals surface area contributed by atoms with Crippen LogP contribution >= 0.6 is 27.5 Å². The maximum Gasteiger partial charge on any atom is 0.130 e. The average molecular weight is 260 g/mol. The third kappa shape index (κ3) is 1.71. The second kappa shape index (κ2) is 3.68. The number of para-hydroxylation sites is 2. The summed E-state index contributed by atoms with van der Waals surface area (Å²) < 4.78 is 0. The Hall–Kier alpha value is -0.540. The van der Waals surface area contributed by atoms with E-state index >= 15 is 0 Å². The lowest BCUT2D eigenvalue weighted by molar-refractivity contribution is 1.07. The molecule has 0 aromatic heterocycles. The SMILES string of the molecule is ClC1=Nc2ccccc2NC1CBr. The molecule has 1 aliphatic rings. The van der Waals surface area contributed by atoms with Crippen molar-refractivity contribution < 1.29 is 0 Å². The molecule has 68 valence electrons. The fourth-order valence-electron chi connectivity index (χ4n) is 1.24. The van der Waals surface area contributed by atoms with Gasteiger partial charge in [0, 0.05) is 5.33 Å². The van der Waals surface area contributed by atoms with Gasteiger partial charge in [-0.2, -0.15) is 0 Å². The van der Waals surface area contributed by atoms with E-state index < -0.39 is 0 Å². The van der Waals surface area contributed by atoms with Gasteiger partial charge < -0.3 is 5.32 Å². The van der Waals surface area contributed by atoms with Crippen molar-refractivity contribution in [1.29, 1.82) is 0 Å². The lowest BCUT2D eigenvalue weighted by Gasteiger charge is -2.22. The molecule has 2 nitrogen and oxygen atoms in total. The molecule has 0 saturated heterocycles. The molecule has 13 heavy (non-hydrogen) atoms. The van der Waals surface area contributed by atoms with Crippen molar-refractivity contribution in [3.63, 3.8) is 0 Å². The second-order valence-corrected chi connectivity index (χ2v) is 3.84. The van der Waals surface area contributed by atoms with Gasteiger partial charge in [0.1, 0.15) is 5.17 Å². The summed E-state index contributed by atoms with van der Waals surface area (Å²) in [5.41, 5.74) is 1.95. The molecule has 2 rings (SSSR count). The summed E-state index contributed by atoms with van der Waals surface area (Å²) in [5.74, 6) is 0. The van der Waals surface area contributed by atoms with Gasteiger partial charge >= 0.3 is 0 Å². The van der Waals surface area contributed by atoms with Gasteiger partial charge in [0.2, 0.25) is 0 Å². The van der Waals surface area contributed by atoms with E-state index in [0.717, 1.165) is 16.7 Å². The maximum absolute atomic E-state index is 5.97. The van der Waals surface area contributed by atoms with Gasteiger partial charge in [-0.3, -0.25) is 0 Å². The van der Waals surface area contributed by atoms with E-state index in [1.807, 2.05) is 24.3 Å². The molecule has 1 aromatic rings. The van der Waals surface area contributed by atoms with Crippen LogP contribution in [-0.4, -0.2) is 16.5 Å². The highest BCUT2D eigenvalue weighted by Crippen LogP contribution is 2.30. The number of fused-ring (bicyclic) bond motifs is 1. The Morgan fingerprint density at radius 3 is 3.00 bits per heavy atom. The van der Waals surface area contributed by atoms with Crippen molar-refractivity contribution in [2.75, 3.05) is 10.6 Å². The van der Waals surface area contributed by atoms with E-state index in [0.29, 0.717) is 5.17 Å². The summed E-state index contributed by atoms with van der Waals surface area (Å²) in [6.07, 6.45) is 0. The minimum Gasteiger partial charge on any atom is -0.373 e. The van der Waals surface area contributed by atoms with E-state index in [4.69, 9.17) is 11.6 Å². The van der Waals surface area contributed by atoms with E-state index in [1.54, 1.807) is 0 Å². The normalized spacial score (nSPS) is 20.2. The quantitative estimate of drug-likeness (QED) is 0.770. The van der Waals surface area contributed by atoms with Crippen molar-refractivity contribution in [2.45, 2.75) is 6.04 Å². The highest BCUT2D eigenvalue weighted by Gasteiger charge is 2.18. The van der Waals surface area contributed by atoms with Gasteiger partial charge in [-0.1, -0.05) is 39.7 Å². The average Bonchev–Trinajstić information content (AvgIpc) is 2.17. The number of hydrogen-bond donors (Lipinski definition) is 1. The van der Waals surface area contributed by atoms with Gasteiger partial charge in [0.05, 0.1) is 17.4 Å². The van der Waals surface area contributed by atoms with Gasteiger partial charge in [-0.25, -0.2) is 4.99 Å². The van der Waals surface area contributed by atoms with Crippen LogP contribution in [0.5, 0.6) is 0 Å². The van der Waals surface area contributed by atoms with Crippen molar-refractivity contribution in [1.82, 2.24) is 0 Å². The molecule has 1 unspecified atom stereocenters. The first-order valence-electron chi connectivity index (χ1n) is 3.97. The van der Waals surface area contributed by atoms with Crippen LogP contribution < -0.4 is 5.32 Å². The number of nitrogens with zero attached hydrogens (tertiary/aromatic N) is 1. The molecule has 0 saturated carbocycles. The molecule has 0 spiro atoms. The van der Waals surface area contributed by atoms with E-state index in [1.165, 1.54) is 0 Å². The first kappa shape index (κ1) is 9.03. The number of halogens is 2. The molecule has 4 heteroatoms. The number of rotatable bonds is 1. The number of aliphatic imine (C=N–C) groups is 1. The zero-order chi connectivity index (χ0) is 9.26. The summed E-state index contributed by atoms with van der Waals surface area (Å²) in [6.45, 7) is 0. The molecule has 1 aromatic carbocycles. The van der Waals surface area contributed by atoms with Crippen LogP contribution in [0, 0.1) is 0 Å². The Bertz CT molecular complexity index is 351. The number of hydrogen-bond acceptors (Lipinski definition) is 2. The fourth-order valence-corrected chi connectivity index (χ4v) is 2.11. The molecule has 1 aliphatic heterocycles. The first-order chi connectivity index (χ1) is 6.31. The maximum atomic E-state index is 5.97. The number of nitrogens with one attached hydrogen (secondary N) is 1. The monoisotopic (exact) mass is 258 g/mol. The molecule has 1 atom stereocenters. The predicted octanol–water partition coefficient (Wildman–Crippen LogP) is 3.14. The minimum atomic E-state index is 0.0940. The third-order valence-corrected chi connectivity index (χ3v) is 2.90. The van der Waals surface area contributed by atoms with Crippen molar-refractivity contribution in [3.05, 3.63) is 24.3 Å². The summed E-state index contributed by atoms with van der Waals surface area (Å²) in [7, 11) is 0. The lowest BCUT2D eigenvalue weighted by Crippen LogP contribution is -2.29. The highest BCUT2D eigenvalue weighted by atomic mass is 79.9. The number of alkyl halides is 1. The Kier molecular flexibility index (Phi) is 2.56. The van der Waals surface area contributed by atoms with Crippen molar-refractivity contribution in [3.8, 4) is 0 Å². The largest absolute Gasteiger partial charge is 0.373 e. The smallest absolute Gasteiger partial charge is 0.130 e. The van der Waals surface area contributed by atoms with E-state index in [9.17, 15) is 0 Å². The van der Waals surface area contributed by atoms with Crippen molar-refractivity contribution >= 4 is 44.1 Å². The van der Waals surface area contributed by atoms with Crippen LogP contribution in [0.4, 0.5) is 11.4 Å².